The third-order valence-corrected chi connectivity index (χ3v) is 3.54. The van der Waals surface area contributed by atoms with Crippen LogP contribution >= 0.6 is 12.2 Å². The molecule has 0 amide bonds. The van der Waals surface area contributed by atoms with E-state index in [1.165, 1.54) is 0 Å². The van der Waals surface area contributed by atoms with E-state index in [1.54, 1.807) is 17.1 Å². The van der Waals surface area contributed by atoms with Crippen molar-refractivity contribution in [2.45, 2.75) is 0 Å². The minimum absolute atomic E-state index is 0.423. The number of pyridine rings is 1. The molecular formula is C16H16N6S. The van der Waals surface area contributed by atoms with Gasteiger partial charge in [0, 0.05) is 26.0 Å². The van der Waals surface area contributed by atoms with Crippen LogP contribution in [0.2, 0.25) is 0 Å². The minimum atomic E-state index is 0.423. The number of anilines is 1. The Hall–Kier alpha value is -2.80. The Kier molecular flexibility index (Phi) is 4.29. The van der Waals surface area contributed by atoms with E-state index in [1.807, 2.05) is 61.5 Å². The molecule has 2 heterocycles. The molecule has 3 rings (SSSR count). The van der Waals surface area contributed by atoms with Crippen LogP contribution in [0.3, 0.4) is 0 Å². The maximum Gasteiger partial charge on any atom is 0.216 e. The molecule has 1 aromatic carbocycles. The maximum atomic E-state index is 5.24. The van der Waals surface area contributed by atoms with Crippen molar-refractivity contribution in [1.82, 2.24) is 19.9 Å². The van der Waals surface area contributed by atoms with Gasteiger partial charge in [-0.15, -0.1) is 0 Å². The van der Waals surface area contributed by atoms with Gasteiger partial charge in [-0.05, 0) is 42.0 Å². The summed E-state index contributed by atoms with van der Waals surface area (Å²) in [6.45, 7) is 0. The Bertz CT molecular complexity index is 862. The molecule has 6 nitrogen and oxygen atoms in total. The third-order valence-electron chi connectivity index (χ3n) is 3.28. The second kappa shape index (κ2) is 6.53. The highest BCUT2D eigenvalue weighted by Crippen LogP contribution is 2.14. The summed E-state index contributed by atoms with van der Waals surface area (Å²) in [5.41, 5.74) is 2.82. The zero-order chi connectivity index (χ0) is 16.2. The van der Waals surface area contributed by atoms with Gasteiger partial charge in [0.05, 0.1) is 6.21 Å². The maximum absolute atomic E-state index is 5.24. The first kappa shape index (κ1) is 15.1. The smallest absolute Gasteiger partial charge is 0.216 e. The summed E-state index contributed by atoms with van der Waals surface area (Å²) in [6.07, 6.45) is 3.46. The molecular weight excluding hydrogens is 308 g/mol. The first-order valence-electron chi connectivity index (χ1n) is 7.06. The van der Waals surface area contributed by atoms with Crippen molar-refractivity contribution in [2.75, 3.05) is 19.0 Å². The van der Waals surface area contributed by atoms with Crippen molar-refractivity contribution in [3.05, 3.63) is 59.0 Å². The molecule has 0 atom stereocenters. The van der Waals surface area contributed by atoms with Gasteiger partial charge in [-0.1, -0.05) is 18.2 Å². The minimum Gasteiger partial charge on any atom is -0.378 e. The van der Waals surface area contributed by atoms with Crippen LogP contribution in [-0.2, 0) is 0 Å². The second-order valence-corrected chi connectivity index (χ2v) is 5.50. The van der Waals surface area contributed by atoms with Gasteiger partial charge in [-0.2, -0.15) is 14.9 Å². The normalized spacial score (nSPS) is 11.0. The van der Waals surface area contributed by atoms with Crippen LogP contribution in [0.1, 0.15) is 5.56 Å². The number of aromatic amines is 1. The van der Waals surface area contributed by atoms with Crippen molar-refractivity contribution in [3.63, 3.8) is 0 Å². The highest BCUT2D eigenvalue weighted by molar-refractivity contribution is 7.71. The van der Waals surface area contributed by atoms with E-state index in [0.717, 1.165) is 11.3 Å². The fraction of sp³-hybridized carbons (Fsp3) is 0.125. The average Bonchev–Trinajstić information content (AvgIpc) is 2.95. The van der Waals surface area contributed by atoms with Crippen LogP contribution in [0.5, 0.6) is 0 Å². The van der Waals surface area contributed by atoms with Crippen LogP contribution in [0.25, 0.3) is 11.5 Å². The summed E-state index contributed by atoms with van der Waals surface area (Å²) >= 11 is 5.24. The molecule has 7 heteroatoms. The van der Waals surface area contributed by atoms with Gasteiger partial charge >= 0.3 is 0 Å². The molecule has 0 saturated carbocycles. The predicted molar refractivity (Wildman–Crippen MR) is 94.4 cm³/mol. The third kappa shape index (κ3) is 3.35. The molecule has 0 radical (unpaired) electrons. The summed E-state index contributed by atoms with van der Waals surface area (Å²) in [5, 5.41) is 11.4. The van der Waals surface area contributed by atoms with Crippen molar-refractivity contribution < 1.29 is 0 Å². The van der Waals surface area contributed by atoms with E-state index in [9.17, 15) is 0 Å². The topological polar surface area (TPSA) is 62.1 Å². The van der Waals surface area contributed by atoms with Crippen molar-refractivity contribution in [3.8, 4) is 11.5 Å². The number of nitrogens with zero attached hydrogens (tertiary/aromatic N) is 5. The van der Waals surface area contributed by atoms with Crippen LogP contribution in [-0.4, -0.2) is 40.2 Å². The summed E-state index contributed by atoms with van der Waals surface area (Å²) < 4.78 is 1.99. The van der Waals surface area contributed by atoms with Gasteiger partial charge < -0.3 is 4.90 Å². The van der Waals surface area contributed by atoms with Gasteiger partial charge in [0.1, 0.15) is 5.69 Å². The summed E-state index contributed by atoms with van der Waals surface area (Å²) in [4.78, 5) is 6.33. The SMILES string of the molecule is CN(C)c1ccc(C=Nn2c(-c3ccccn3)n[nH]c2=S)cc1. The molecule has 23 heavy (non-hydrogen) atoms. The first-order valence-corrected chi connectivity index (χ1v) is 7.46. The number of nitrogens with one attached hydrogen (secondary N) is 1. The van der Waals surface area contributed by atoms with Crippen molar-refractivity contribution in [1.29, 1.82) is 0 Å². The summed E-state index contributed by atoms with van der Waals surface area (Å²) in [6, 6.07) is 13.7. The highest BCUT2D eigenvalue weighted by atomic mass is 32.1. The zero-order valence-electron chi connectivity index (χ0n) is 12.8. The monoisotopic (exact) mass is 324 g/mol. The summed E-state index contributed by atoms with van der Waals surface area (Å²) in [7, 11) is 4.01. The Balaban J connectivity index is 1.91. The van der Waals surface area contributed by atoms with E-state index in [2.05, 4.69) is 20.3 Å². The van der Waals surface area contributed by atoms with E-state index in [4.69, 9.17) is 12.2 Å². The van der Waals surface area contributed by atoms with E-state index in [-0.39, 0.29) is 0 Å². The fourth-order valence-electron chi connectivity index (χ4n) is 2.04. The zero-order valence-corrected chi connectivity index (χ0v) is 13.7. The van der Waals surface area contributed by atoms with Crippen LogP contribution in [0.15, 0.2) is 53.8 Å². The van der Waals surface area contributed by atoms with Gasteiger partial charge in [0.2, 0.25) is 10.6 Å². The van der Waals surface area contributed by atoms with Gasteiger partial charge in [0.25, 0.3) is 0 Å². The number of rotatable bonds is 4. The second-order valence-electron chi connectivity index (χ2n) is 5.11. The van der Waals surface area contributed by atoms with Crippen LogP contribution in [0.4, 0.5) is 5.69 Å². The quantitative estimate of drug-likeness (QED) is 0.592. The van der Waals surface area contributed by atoms with Gasteiger partial charge in [-0.25, -0.2) is 5.10 Å². The molecule has 0 bridgehead atoms. The number of hydrogen-bond acceptors (Lipinski definition) is 5. The highest BCUT2D eigenvalue weighted by Gasteiger charge is 2.08. The average molecular weight is 324 g/mol. The fourth-order valence-corrected chi connectivity index (χ4v) is 2.22. The molecule has 116 valence electrons. The number of hydrogen-bond donors (Lipinski definition) is 1. The standard InChI is InChI=1S/C16H16N6S/c1-21(2)13-8-6-12(7-9-13)11-18-22-15(19-20-16(22)23)14-5-3-4-10-17-14/h3-11H,1-2H3,(H,20,23). The Morgan fingerprint density at radius 3 is 2.61 bits per heavy atom. The molecule has 3 aromatic rings. The Labute approximate surface area is 139 Å². The van der Waals surface area contributed by atoms with Crippen LogP contribution in [0, 0.1) is 4.77 Å². The number of benzene rings is 1. The van der Waals surface area contributed by atoms with Crippen LogP contribution < -0.4 is 4.90 Å². The molecule has 0 saturated heterocycles. The van der Waals surface area contributed by atoms with E-state index >= 15 is 0 Å². The molecule has 0 aliphatic heterocycles. The molecule has 0 unspecified atom stereocenters. The van der Waals surface area contributed by atoms with Crippen molar-refractivity contribution >= 4 is 24.1 Å². The van der Waals surface area contributed by atoms with Gasteiger partial charge in [-0.3, -0.25) is 4.98 Å². The predicted octanol–water partition coefficient (Wildman–Crippen LogP) is 2.95. The first-order chi connectivity index (χ1) is 11.1. The lowest BCUT2D eigenvalue weighted by Crippen LogP contribution is -2.08. The lowest BCUT2D eigenvalue weighted by Gasteiger charge is -2.11. The summed E-state index contributed by atoms with van der Waals surface area (Å²) in [5.74, 6) is 0.580. The number of H-pyrrole nitrogens is 1. The molecule has 0 aliphatic carbocycles. The molecule has 0 spiro atoms. The van der Waals surface area contributed by atoms with Gasteiger partial charge in [0.15, 0.2) is 0 Å². The molecule has 2 aromatic heterocycles. The Morgan fingerprint density at radius 1 is 1.17 bits per heavy atom. The number of aromatic nitrogens is 4. The Morgan fingerprint density at radius 2 is 1.96 bits per heavy atom. The van der Waals surface area contributed by atoms with Crippen molar-refractivity contribution in [2.24, 2.45) is 5.10 Å². The van der Waals surface area contributed by atoms with E-state index in [0.29, 0.717) is 16.3 Å². The molecule has 1 N–H and O–H groups in total. The molecule has 0 fully saturated rings. The lowest BCUT2D eigenvalue weighted by molar-refractivity contribution is 0.867. The van der Waals surface area contributed by atoms with E-state index < -0.39 is 0 Å². The lowest BCUT2D eigenvalue weighted by atomic mass is 10.2. The molecule has 0 aliphatic rings. The largest absolute Gasteiger partial charge is 0.378 e.